The molecule has 0 saturated carbocycles. The Bertz CT molecular complexity index is 1550. The van der Waals surface area contributed by atoms with Crippen LogP contribution in [-0.4, -0.2) is 43.3 Å². The van der Waals surface area contributed by atoms with E-state index in [0.29, 0.717) is 24.5 Å². The van der Waals surface area contributed by atoms with Crippen LogP contribution in [0.3, 0.4) is 0 Å². The van der Waals surface area contributed by atoms with Crippen LogP contribution < -0.4 is 15.1 Å². The molecule has 15 heteroatoms. The highest BCUT2D eigenvalue weighted by atomic mass is 19.4. The minimum atomic E-state index is -6.03. The van der Waals surface area contributed by atoms with Crippen molar-refractivity contribution in [1.82, 2.24) is 0 Å². The molecule has 3 rings (SSSR count). The number of benzene rings is 2. The molecule has 3 aromatic rings. The van der Waals surface area contributed by atoms with Crippen molar-refractivity contribution < 1.29 is 62.9 Å². The van der Waals surface area contributed by atoms with Gasteiger partial charge in [-0.15, -0.1) is 13.2 Å². The number of carbonyl (C=O) groups is 1. The maximum Gasteiger partial charge on any atom is 0.573 e. The van der Waals surface area contributed by atoms with E-state index in [0.717, 1.165) is 43.2 Å². The van der Waals surface area contributed by atoms with E-state index in [9.17, 15) is 49.1 Å². The first kappa shape index (κ1) is 34.3. The van der Waals surface area contributed by atoms with Gasteiger partial charge in [-0.1, -0.05) is 38.5 Å². The molecule has 44 heavy (non-hydrogen) atoms. The van der Waals surface area contributed by atoms with Crippen LogP contribution in [0, 0.1) is 0 Å². The molecule has 2 aromatic carbocycles. The van der Waals surface area contributed by atoms with Gasteiger partial charge in [0.25, 0.3) is 0 Å². The number of unbranched alkanes of at least 4 members (excludes halogenated alkanes) is 2. The first-order chi connectivity index (χ1) is 20.4. The quantitative estimate of drug-likeness (QED) is 0.0583. The summed E-state index contributed by atoms with van der Waals surface area (Å²) in [5.41, 5.74) is -1.56. The van der Waals surface area contributed by atoms with Gasteiger partial charge in [0.1, 0.15) is 17.1 Å². The Morgan fingerprint density at radius 1 is 0.886 bits per heavy atom. The van der Waals surface area contributed by atoms with Gasteiger partial charge in [0, 0.05) is 23.1 Å². The zero-order chi connectivity index (χ0) is 32.9. The summed E-state index contributed by atoms with van der Waals surface area (Å²) >= 11 is 0. The number of carbonyl (C=O) groups excluding carboxylic acids is 1. The van der Waals surface area contributed by atoms with Gasteiger partial charge in [-0.05, 0) is 42.7 Å². The number of fused-ring (bicyclic) bond motifs is 1. The fourth-order valence-corrected chi connectivity index (χ4v) is 3.95. The fraction of sp³-hybridized carbons (Fsp3) is 0.379. The van der Waals surface area contributed by atoms with E-state index < -0.39 is 60.4 Å². The lowest BCUT2D eigenvalue weighted by Crippen LogP contribution is -2.58. The lowest BCUT2D eigenvalue weighted by molar-refractivity contribution is -0.322. The lowest BCUT2D eigenvalue weighted by Gasteiger charge is -2.32. The molecule has 0 aliphatic rings. The molecule has 0 aliphatic heterocycles. The highest BCUT2D eigenvalue weighted by Gasteiger charge is 2.72. The summed E-state index contributed by atoms with van der Waals surface area (Å²) in [6.07, 6.45) is -1.81. The molecule has 1 heterocycles. The second-order valence-corrected chi connectivity index (χ2v) is 9.57. The number of hydrogen-bond acceptors (Lipinski definition) is 6. The molecule has 0 aliphatic carbocycles. The van der Waals surface area contributed by atoms with E-state index >= 15 is 0 Å². The van der Waals surface area contributed by atoms with Gasteiger partial charge >= 0.3 is 35.7 Å². The van der Waals surface area contributed by atoms with Crippen molar-refractivity contribution in [3.63, 3.8) is 0 Å². The first-order valence-corrected chi connectivity index (χ1v) is 12.9. The van der Waals surface area contributed by atoms with Crippen LogP contribution in [0.1, 0.15) is 31.7 Å². The smallest absolute Gasteiger partial charge is 0.487 e. The number of esters is 1. The van der Waals surface area contributed by atoms with Crippen molar-refractivity contribution in [1.29, 1.82) is 0 Å². The second-order valence-electron chi connectivity index (χ2n) is 9.57. The normalized spacial score (nSPS) is 12.7. The van der Waals surface area contributed by atoms with Crippen molar-refractivity contribution in [3.8, 4) is 22.6 Å². The molecule has 0 radical (unpaired) electrons. The van der Waals surface area contributed by atoms with Gasteiger partial charge in [0.15, 0.2) is 13.2 Å². The Kier molecular flexibility index (Phi) is 10.3. The first-order valence-electron chi connectivity index (χ1n) is 12.9. The zero-order valence-electron chi connectivity index (χ0n) is 22.9. The topological polar surface area (TPSA) is 75.0 Å². The van der Waals surface area contributed by atoms with Crippen LogP contribution in [0.5, 0.6) is 11.5 Å². The molecule has 240 valence electrons. The predicted octanol–water partition coefficient (Wildman–Crippen LogP) is 8.11. The molecule has 0 N–H and O–H groups in total. The number of aryl methyl sites for hydroxylation is 1. The summed E-state index contributed by atoms with van der Waals surface area (Å²) in [6.45, 7) is 0.200. The molecule has 0 amide bonds. The molecule has 0 spiro atoms. The van der Waals surface area contributed by atoms with E-state index in [1.54, 1.807) is 0 Å². The van der Waals surface area contributed by atoms with Gasteiger partial charge < -0.3 is 18.6 Å². The van der Waals surface area contributed by atoms with Crippen LogP contribution >= 0.6 is 0 Å². The number of halogens is 9. The van der Waals surface area contributed by atoms with Gasteiger partial charge in [-0.25, -0.2) is 9.59 Å². The highest BCUT2D eigenvalue weighted by molar-refractivity contribution is 5.84. The summed E-state index contributed by atoms with van der Waals surface area (Å²) in [4.78, 5) is 23.7. The zero-order valence-corrected chi connectivity index (χ0v) is 22.9. The van der Waals surface area contributed by atoms with Crippen molar-refractivity contribution in [3.05, 3.63) is 71.1 Å². The van der Waals surface area contributed by atoms with Crippen molar-refractivity contribution in [2.45, 2.75) is 56.7 Å². The van der Waals surface area contributed by atoms with Crippen LogP contribution in [0.15, 0.2) is 64.3 Å². The minimum Gasteiger partial charge on any atom is -0.487 e. The van der Waals surface area contributed by atoms with Crippen molar-refractivity contribution in [2.24, 2.45) is 0 Å². The summed E-state index contributed by atoms with van der Waals surface area (Å²) in [5, 5.41) is 0.0598. The predicted molar refractivity (Wildman–Crippen MR) is 139 cm³/mol. The molecule has 1 aromatic heterocycles. The Hall–Kier alpha value is -4.17. The largest absolute Gasteiger partial charge is 0.573 e. The molecule has 0 atom stereocenters. The summed E-state index contributed by atoms with van der Waals surface area (Å²) in [6, 6.07) is 7.96. The molecule has 0 bridgehead atoms. The average molecular weight is 640 g/mol. The summed E-state index contributed by atoms with van der Waals surface area (Å²) < 4.78 is 141. The maximum atomic E-state index is 14.2. The summed E-state index contributed by atoms with van der Waals surface area (Å²) in [5.74, 6) is -19.8. The molecular formula is C29H25F9O6. The molecule has 0 fully saturated rings. The Morgan fingerprint density at radius 2 is 1.57 bits per heavy atom. The van der Waals surface area contributed by atoms with Crippen LogP contribution in [-0.2, 0) is 16.0 Å². The number of alkyl halides is 9. The number of ether oxygens (including phenoxy) is 3. The average Bonchev–Trinajstić information content (AvgIpc) is 2.94. The van der Waals surface area contributed by atoms with Gasteiger partial charge in [0.2, 0.25) is 0 Å². The summed E-state index contributed by atoms with van der Waals surface area (Å²) in [7, 11) is 0. The standard InChI is InChI=1S/C29H25F9O6/c1-3-5-6-7-17-8-11-20(23(12-17)44-29(36,37)38)21-13-18-9-10-19(14-22(18)43-25(21)40)41-15-26(30,31)28(34,35)27(32,33)16-42-24(39)4-2/h4,8-14H,2-3,5-7,15-16H2,1H3. The number of hydrogen-bond donors (Lipinski definition) is 0. The second kappa shape index (κ2) is 13.2. The van der Waals surface area contributed by atoms with Crippen molar-refractivity contribution in [2.75, 3.05) is 13.2 Å². The van der Waals surface area contributed by atoms with Gasteiger partial charge in [-0.3, -0.25) is 0 Å². The molecule has 6 nitrogen and oxygen atoms in total. The lowest BCUT2D eigenvalue weighted by atomic mass is 10.00. The van der Waals surface area contributed by atoms with Crippen LogP contribution in [0.2, 0.25) is 0 Å². The number of rotatable bonds is 14. The fourth-order valence-electron chi connectivity index (χ4n) is 3.95. The van der Waals surface area contributed by atoms with E-state index in [1.807, 2.05) is 6.92 Å². The van der Waals surface area contributed by atoms with Gasteiger partial charge in [-0.2, -0.15) is 26.3 Å². The van der Waals surface area contributed by atoms with E-state index in [2.05, 4.69) is 20.8 Å². The molecular weight excluding hydrogens is 615 g/mol. The third-order valence-corrected chi connectivity index (χ3v) is 6.24. The highest BCUT2D eigenvalue weighted by Crippen LogP contribution is 2.46. The Labute approximate surface area is 244 Å². The van der Waals surface area contributed by atoms with Gasteiger partial charge in [0.05, 0.1) is 5.56 Å². The van der Waals surface area contributed by atoms with E-state index in [-0.39, 0.29) is 22.1 Å². The monoisotopic (exact) mass is 640 g/mol. The Morgan fingerprint density at radius 3 is 2.20 bits per heavy atom. The van der Waals surface area contributed by atoms with Crippen molar-refractivity contribution >= 4 is 16.9 Å². The Balaban J connectivity index is 1.87. The molecule has 0 unspecified atom stereocenters. The van der Waals surface area contributed by atoms with E-state index in [4.69, 9.17) is 4.42 Å². The van der Waals surface area contributed by atoms with Crippen LogP contribution in [0.25, 0.3) is 22.1 Å². The third kappa shape index (κ3) is 8.05. The van der Waals surface area contributed by atoms with E-state index in [1.165, 1.54) is 12.1 Å². The van der Waals surface area contributed by atoms with Crippen LogP contribution in [0.4, 0.5) is 39.5 Å². The maximum absolute atomic E-state index is 14.2. The SMILES string of the molecule is C=CC(=O)OCC(F)(F)C(F)(F)C(F)(F)COc1ccc2cc(-c3ccc(CCCCC)cc3OC(F)(F)F)c(=O)oc2c1. The third-order valence-electron chi connectivity index (χ3n) is 6.24. The minimum absolute atomic E-state index is 0.0598. The molecule has 0 saturated heterocycles.